The minimum atomic E-state index is -0.318. The molecule has 1 aromatic heterocycles. The van der Waals surface area contributed by atoms with Crippen molar-refractivity contribution in [2.75, 3.05) is 13.1 Å². The Hall–Kier alpha value is -3.25. The lowest BCUT2D eigenvalue weighted by Gasteiger charge is -2.27. The zero-order valence-corrected chi connectivity index (χ0v) is 19.2. The van der Waals surface area contributed by atoms with Crippen LogP contribution in [0.4, 0.5) is 4.39 Å². The first-order valence-electron chi connectivity index (χ1n) is 10.4. The van der Waals surface area contributed by atoms with Gasteiger partial charge in [0.1, 0.15) is 12.4 Å². The summed E-state index contributed by atoms with van der Waals surface area (Å²) in [4.78, 5) is 30.8. The van der Waals surface area contributed by atoms with Crippen LogP contribution in [-0.4, -0.2) is 34.7 Å². The second-order valence-corrected chi connectivity index (χ2v) is 8.69. The summed E-state index contributed by atoms with van der Waals surface area (Å²) < 4.78 is 13.3. The number of benzene rings is 2. The van der Waals surface area contributed by atoms with E-state index in [0.717, 1.165) is 21.6 Å². The molecule has 166 valence electrons. The van der Waals surface area contributed by atoms with E-state index in [4.69, 9.17) is 0 Å². The van der Waals surface area contributed by atoms with E-state index >= 15 is 0 Å². The highest BCUT2D eigenvalue weighted by Crippen LogP contribution is 2.20. The highest BCUT2D eigenvalue weighted by molar-refractivity contribution is 7.10. The molecule has 4 nitrogen and oxygen atoms in total. The lowest BCUT2D eigenvalue weighted by atomic mass is 10.1. The van der Waals surface area contributed by atoms with Crippen LogP contribution in [0.25, 0.3) is 0 Å². The molecule has 0 saturated carbocycles. The van der Waals surface area contributed by atoms with Gasteiger partial charge in [-0.1, -0.05) is 36.4 Å². The summed E-state index contributed by atoms with van der Waals surface area (Å²) in [6, 6.07) is 15.5. The van der Waals surface area contributed by atoms with Crippen LogP contribution < -0.4 is 0 Å². The number of rotatable bonds is 9. The predicted octanol–water partition coefficient (Wildman–Crippen LogP) is 5.36. The van der Waals surface area contributed by atoms with Gasteiger partial charge < -0.3 is 9.80 Å². The Morgan fingerprint density at radius 3 is 2.31 bits per heavy atom. The van der Waals surface area contributed by atoms with Crippen LogP contribution in [0.3, 0.4) is 0 Å². The first kappa shape index (κ1) is 23.4. The molecule has 0 spiro atoms. The quantitative estimate of drug-likeness (QED) is 0.412. The van der Waals surface area contributed by atoms with Gasteiger partial charge in [-0.2, -0.15) is 0 Å². The zero-order chi connectivity index (χ0) is 23.1. The second kappa shape index (κ2) is 10.9. The van der Waals surface area contributed by atoms with Gasteiger partial charge >= 0.3 is 0 Å². The summed E-state index contributed by atoms with van der Waals surface area (Å²) in [5.41, 5.74) is 3.37. The van der Waals surface area contributed by atoms with Crippen molar-refractivity contribution in [2.24, 2.45) is 0 Å². The Balaban J connectivity index is 1.83. The van der Waals surface area contributed by atoms with Crippen LogP contribution in [0.2, 0.25) is 0 Å². The molecule has 0 aliphatic carbocycles. The zero-order valence-electron chi connectivity index (χ0n) is 18.4. The fraction of sp³-hybridized carbons (Fsp3) is 0.231. The van der Waals surface area contributed by atoms with E-state index in [1.54, 1.807) is 40.5 Å². The van der Waals surface area contributed by atoms with Crippen molar-refractivity contribution >= 4 is 23.2 Å². The third-order valence-corrected chi connectivity index (χ3v) is 6.29. The molecule has 2 amide bonds. The highest BCUT2D eigenvalue weighted by atomic mass is 32.1. The van der Waals surface area contributed by atoms with Crippen molar-refractivity contribution in [3.8, 4) is 0 Å². The number of hydrogen-bond acceptors (Lipinski definition) is 3. The van der Waals surface area contributed by atoms with Gasteiger partial charge in [-0.05, 0) is 60.2 Å². The summed E-state index contributed by atoms with van der Waals surface area (Å²) in [6.07, 6.45) is 1.62. The molecule has 3 rings (SSSR count). The number of carbonyl (C=O) groups is 2. The lowest BCUT2D eigenvalue weighted by molar-refractivity contribution is -0.133. The third-order valence-electron chi connectivity index (χ3n) is 5.28. The van der Waals surface area contributed by atoms with E-state index < -0.39 is 0 Å². The van der Waals surface area contributed by atoms with E-state index in [2.05, 4.69) is 6.58 Å². The largest absolute Gasteiger partial charge is 0.332 e. The standard InChI is InChI=1S/C26H27FN2O2S/c1-4-14-28(26(31)23-8-6-5-7-19(23)2)18-25(30)29(17-24-20(3)13-15-32-24)16-21-9-11-22(27)12-10-21/h4-13,15H,1,14,16-18H2,2-3H3. The van der Waals surface area contributed by atoms with Crippen LogP contribution in [0.1, 0.15) is 31.9 Å². The number of nitrogens with zero attached hydrogens (tertiary/aromatic N) is 2. The van der Waals surface area contributed by atoms with Crippen LogP contribution in [0, 0.1) is 19.7 Å². The molecule has 0 bridgehead atoms. The van der Waals surface area contributed by atoms with Crippen molar-refractivity contribution in [3.63, 3.8) is 0 Å². The minimum absolute atomic E-state index is 0.0647. The van der Waals surface area contributed by atoms with E-state index in [1.165, 1.54) is 17.0 Å². The molecule has 2 aromatic carbocycles. The Kier molecular flexibility index (Phi) is 7.95. The average molecular weight is 451 g/mol. The molecular weight excluding hydrogens is 423 g/mol. The number of carbonyl (C=O) groups excluding carboxylic acids is 2. The molecule has 32 heavy (non-hydrogen) atoms. The Labute approximate surface area is 192 Å². The topological polar surface area (TPSA) is 40.6 Å². The molecule has 0 unspecified atom stereocenters. The van der Waals surface area contributed by atoms with Crippen molar-refractivity contribution in [1.29, 1.82) is 0 Å². The first-order valence-corrected chi connectivity index (χ1v) is 11.3. The van der Waals surface area contributed by atoms with Crippen molar-refractivity contribution in [3.05, 3.63) is 106 Å². The molecule has 0 aliphatic rings. The van der Waals surface area contributed by atoms with Crippen LogP contribution in [0.15, 0.2) is 72.6 Å². The van der Waals surface area contributed by atoms with Gasteiger partial charge in [0.05, 0.1) is 6.54 Å². The predicted molar refractivity (Wildman–Crippen MR) is 127 cm³/mol. The van der Waals surface area contributed by atoms with Gasteiger partial charge in [-0.15, -0.1) is 17.9 Å². The maximum Gasteiger partial charge on any atom is 0.254 e. The number of aryl methyl sites for hydroxylation is 2. The summed E-state index contributed by atoms with van der Waals surface area (Å²) >= 11 is 1.59. The number of halogens is 1. The fourth-order valence-electron chi connectivity index (χ4n) is 3.40. The molecule has 0 N–H and O–H groups in total. The van der Waals surface area contributed by atoms with Gasteiger partial charge in [-0.25, -0.2) is 4.39 Å². The lowest BCUT2D eigenvalue weighted by Crippen LogP contribution is -2.42. The van der Waals surface area contributed by atoms with Crippen LogP contribution in [0.5, 0.6) is 0 Å². The Morgan fingerprint density at radius 2 is 1.69 bits per heavy atom. The smallest absolute Gasteiger partial charge is 0.254 e. The molecule has 6 heteroatoms. The normalized spacial score (nSPS) is 10.6. The molecule has 0 atom stereocenters. The summed E-state index contributed by atoms with van der Waals surface area (Å²) in [5, 5.41) is 2.00. The monoisotopic (exact) mass is 450 g/mol. The summed E-state index contributed by atoms with van der Waals surface area (Å²) in [5.74, 6) is -0.696. The second-order valence-electron chi connectivity index (χ2n) is 7.69. The fourth-order valence-corrected chi connectivity index (χ4v) is 4.32. The minimum Gasteiger partial charge on any atom is -0.332 e. The van der Waals surface area contributed by atoms with E-state index in [-0.39, 0.29) is 30.7 Å². The maximum atomic E-state index is 13.4. The third kappa shape index (κ3) is 5.92. The van der Waals surface area contributed by atoms with Crippen molar-refractivity contribution < 1.29 is 14.0 Å². The number of thiophene rings is 1. The van der Waals surface area contributed by atoms with E-state index in [9.17, 15) is 14.0 Å². The van der Waals surface area contributed by atoms with Gasteiger partial charge in [0.2, 0.25) is 5.91 Å². The van der Waals surface area contributed by atoms with Crippen molar-refractivity contribution in [1.82, 2.24) is 9.80 Å². The van der Waals surface area contributed by atoms with Gasteiger partial charge in [0, 0.05) is 23.5 Å². The number of hydrogen-bond donors (Lipinski definition) is 0. The highest BCUT2D eigenvalue weighted by Gasteiger charge is 2.23. The van der Waals surface area contributed by atoms with Crippen LogP contribution >= 0.6 is 11.3 Å². The van der Waals surface area contributed by atoms with E-state index in [1.807, 2.05) is 43.5 Å². The molecule has 1 heterocycles. The summed E-state index contributed by atoms with van der Waals surface area (Å²) in [6.45, 7) is 8.60. The van der Waals surface area contributed by atoms with Gasteiger partial charge in [0.25, 0.3) is 5.91 Å². The van der Waals surface area contributed by atoms with Crippen molar-refractivity contribution in [2.45, 2.75) is 26.9 Å². The molecule has 0 aliphatic heterocycles. The summed E-state index contributed by atoms with van der Waals surface area (Å²) in [7, 11) is 0. The van der Waals surface area contributed by atoms with Crippen LogP contribution in [-0.2, 0) is 17.9 Å². The van der Waals surface area contributed by atoms with Gasteiger partial charge in [-0.3, -0.25) is 9.59 Å². The molecule has 0 fully saturated rings. The molecule has 0 radical (unpaired) electrons. The average Bonchev–Trinajstić information content (AvgIpc) is 3.18. The first-order chi connectivity index (χ1) is 15.4. The molecular formula is C26H27FN2O2S. The Bertz CT molecular complexity index is 1090. The molecule has 0 saturated heterocycles. The SMILES string of the molecule is C=CCN(CC(=O)N(Cc1ccc(F)cc1)Cc1sccc1C)C(=O)c1ccccc1C. The Morgan fingerprint density at radius 1 is 0.969 bits per heavy atom. The maximum absolute atomic E-state index is 13.4. The number of amides is 2. The van der Waals surface area contributed by atoms with Gasteiger partial charge in [0.15, 0.2) is 0 Å². The van der Waals surface area contributed by atoms with E-state index in [0.29, 0.717) is 18.7 Å². The molecule has 3 aromatic rings.